The predicted octanol–water partition coefficient (Wildman–Crippen LogP) is 3.27. The van der Waals surface area contributed by atoms with E-state index in [1.165, 1.54) is 6.08 Å². The molecule has 1 fully saturated rings. The number of carbonyl (C=O) groups excluding carboxylic acids is 3. The maximum atomic E-state index is 13.2. The fourth-order valence-corrected chi connectivity index (χ4v) is 5.01. The smallest absolute Gasteiger partial charge is 0.257 e. The minimum atomic E-state index is -0.514. The lowest BCUT2D eigenvalue weighted by molar-refractivity contribution is -0.130. The average Bonchev–Trinajstić information content (AvgIpc) is 3.37. The van der Waals surface area contributed by atoms with Crippen molar-refractivity contribution in [2.75, 3.05) is 38.0 Å². The molecule has 3 aromatic rings. The normalized spacial score (nSPS) is 16.0. The maximum absolute atomic E-state index is 13.2. The quantitative estimate of drug-likeness (QED) is 0.357. The monoisotopic (exact) mass is 573 g/mol. The summed E-state index contributed by atoms with van der Waals surface area (Å²) < 4.78 is 8.19. The van der Waals surface area contributed by atoms with Crippen LogP contribution in [0.3, 0.4) is 0 Å². The molecule has 0 unspecified atom stereocenters. The largest absolute Gasteiger partial charge is 0.482 e. The van der Waals surface area contributed by atoms with Gasteiger partial charge < -0.3 is 20.3 Å². The van der Waals surface area contributed by atoms with E-state index in [1.54, 1.807) is 49.2 Å². The fraction of sp³-hybridized carbons (Fsp3) is 0.387. The molecule has 3 heterocycles. The molecule has 0 radical (unpaired) electrons. The van der Waals surface area contributed by atoms with Gasteiger partial charge in [-0.25, -0.2) is 0 Å². The number of amides is 3. The van der Waals surface area contributed by atoms with Crippen LogP contribution >= 0.6 is 0 Å². The van der Waals surface area contributed by atoms with E-state index in [9.17, 15) is 14.4 Å². The maximum Gasteiger partial charge on any atom is 0.257 e. The lowest BCUT2D eigenvalue weighted by atomic mass is 10.0. The number of hydrogen-bond donors (Lipinski definition) is 2. The van der Waals surface area contributed by atoms with Crippen molar-refractivity contribution in [3.63, 3.8) is 0 Å². The van der Waals surface area contributed by atoms with E-state index in [-0.39, 0.29) is 29.3 Å². The molecule has 2 atom stereocenters. The van der Waals surface area contributed by atoms with Crippen molar-refractivity contribution >= 4 is 23.5 Å². The lowest BCUT2D eigenvalue weighted by Crippen LogP contribution is -2.54. The lowest BCUT2D eigenvalue weighted by Gasteiger charge is -2.40. The van der Waals surface area contributed by atoms with E-state index in [0.717, 1.165) is 5.56 Å². The summed E-state index contributed by atoms with van der Waals surface area (Å²) in [6.45, 7) is 14.0. The van der Waals surface area contributed by atoms with Gasteiger partial charge in [-0.2, -0.15) is 5.10 Å². The highest BCUT2D eigenvalue weighted by atomic mass is 16.5. The number of benzene rings is 1. The predicted molar refractivity (Wildman–Crippen MR) is 161 cm³/mol. The number of pyridine rings is 1. The highest BCUT2D eigenvalue weighted by Gasteiger charge is 2.30. The molecule has 42 heavy (non-hydrogen) atoms. The van der Waals surface area contributed by atoms with Gasteiger partial charge in [0.1, 0.15) is 5.75 Å². The summed E-state index contributed by atoms with van der Waals surface area (Å²) >= 11 is 0. The molecule has 1 aliphatic heterocycles. The summed E-state index contributed by atoms with van der Waals surface area (Å²) in [4.78, 5) is 47.3. The molecule has 2 aromatic heterocycles. The first-order valence-electron chi connectivity index (χ1n) is 14.1. The first kappa shape index (κ1) is 30.4. The second-order valence-corrected chi connectivity index (χ2v) is 10.6. The highest BCUT2D eigenvalue weighted by Crippen LogP contribution is 2.30. The molecule has 0 spiro atoms. The van der Waals surface area contributed by atoms with Crippen molar-refractivity contribution in [1.29, 1.82) is 0 Å². The first-order valence-corrected chi connectivity index (χ1v) is 14.1. The highest BCUT2D eigenvalue weighted by molar-refractivity contribution is 6.07. The van der Waals surface area contributed by atoms with Crippen molar-refractivity contribution in [3.05, 3.63) is 83.3 Å². The van der Waals surface area contributed by atoms with Crippen molar-refractivity contribution < 1.29 is 19.1 Å². The van der Waals surface area contributed by atoms with Gasteiger partial charge in [-0.15, -0.1) is 0 Å². The van der Waals surface area contributed by atoms with Gasteiger partial charge in [0.25, 0.3) is 11.8 Å². The molecule has 1 aromatic carbocycles. The molecule has 11 nitrogen and oxygen atoms in total. The number of hydrogen-bond acceptors (Lipinski definition) is 7. The summed E-state index contributed by atoms with van der Waals surface area (Å²) in [6, 6.07) is 8.89. The van der Waals surface area contributed by atoms with Crippen LogP contribution in [0.4, 0.5) is 5.82 Å². The number of ether oxygens (including phenoxy) is 1. The summed E-state index contributed by atoms with van der Waals surface area (Å²) in [7, 11) is 1.76. The molecular weight excluding hydrogens is 534 g/mol. The number of piperazine rings is 1. The molecule has 0 bridgehead atoms. The Morgan fingerprint density at radius 3 is 2.55 bits per heavy atom. The number of carbonyl (C=O) groups is 3. The molecule has 3 amide bonds. The van der Waals surface area contributed by atoms with Gasteiger partial charge in [0.2, 0.25) is 5.91 Å². The van der Waals surface area contributed by atoms with Crippen LogP contribution in [0.5, 0.6) is 5.75 Å². The van der Waals surface area contributed by atoms with E-state index >= 15 is 0 Å². The minimum Gasteiger partial charge on any atom is -0.482 e. The van der Waals surface area contributed by atoms with Crippen molar-refractivity contribution in [1.82, 2.24) is 29.9 Å². The minimum absolute atomic E-state index is 0.000847. The van der Waals surface area contributed by atoms with Gasteiger partial charge in [-0.3, -0.25) is 28.9 Å². The van der Waals surface area contributed by atoms with E-state index in [4.69, 9.17) is 4.74 Å². The Morgan fingerprint density at radius 1 is 1.14 bits per heavy atom. The second-order valence-electron chi connectivity index (χ2n) is 10.6. The van der Waals surface area contributed by atoms with Crippen LogP contribution in [0.2, 0.25) is 0 Å². The molecule has 0 aliphatic carbocycles. The van der Waals surface area contributed by atoms with Crippen LogP contribution in [-0.2, 0) is 11.8 Å². The molecule has 1 aliphatic rings. The van der Waals surface area contributed by atoms with Crippen molar-refractivity contribution in [2.45, 2.75) is 39.8 Å². The van der Waals surface area contributed by atoms with Crippen molar-refractivity contribution in [2.24, 2.45) is 7.05 Å². The van der Waals surface area contributed by atoms with Gasteiger partial charge >= 0.3 is 0 Å². The Morgan fingerprint density at radius 2 is 1.93 bits per heavy atom. The number of anilines is 1. The first-order chi connectivity index (χ1) is 20.1. The third kappa shape index (κ3) is 7.22. The fourth-order valence-electron chi connectivity index (χ4n) is 5.01. The van der Waals surface area contributed by atoms with Crippen LogP contribution in [0, 0.1) is 13.8 Å². The zero-order chi connectivity index (χ0) is 30.4. The number of nitrogens with one attached hydrogen (secondary N) is 2. The standard InChI is InChI=1S/C31H39N7O4/c1-7-29(39)38-14-13-37(18-22(38)5)19-27(25-10-9-20(3)17-33-25)42-26-15-21(4)23(16-24(26)30(40)32-8-2)31(41)34-28-11-12-36(6)35-28/h7,9-12,15-17,22,27H,1,8,13-14,18-19H2,2-6H3,(H,32,40)(H,34,35,41)/t22-,27-/m1/s1. The van der Waals surface area contributed by atoms with Crippen molar-refractivity contribution in [3.8, 4) is 5.75 Å². The molecule has 1 saturated heterocycles. The van der Waals surface area contributed by atoms with Crippen LogP contribution in [-0.4, -0.2) is 81.1 Å². The number of aryl methyl sites for hydroxylation is 3. The Kier molecular flexibility index (Phi) is 9.74. The third-order valence-electron chi connectivity index (χ3n) is 7.24. The van der Waals surface area contributed by atoms with Crippen LogP contribution in [0.25, 0.3) is 0 Å². The summed E-state index contributed by atoms with van der Waals surface area (Å²) in [5.41, 5.74) is 2.97. The van der Waals surface area contributed by atoms with E-state index < -0.39 is 6.10 Å². The Balaban J connectivity index is 1.65. The number of rotatable bonds is 10. The van der Waals surface area contributed by atoms with Gasteiger partial charge in [-0.05, 0) is 63.1 Å². The summed E-state index contributed by atoms with van der Waals surface area (Å²) in [6.07, 6.45) is 4.35. The third-order valence-corrected chi connectivity index (χ3v) is 7.24. The van der Waals surface area contributed by atoms with Crippen LogP contribution < -0.4 is 15.4 Å². The number of nitrogens with zero attached hydrogens (tertiary/aromatic N) is 5. The van der Waals surface area contributed by atoms with E-state index in [0.29, 0.717) is 61.1 Å². The summed E-state index contributed by atoms with van der Waals surface area (Å²) in [5, 5.41) is 9.83. The Bertz CT molecular complexity index is 1450. The van der Waals surface area contributed by atoms with Crippen LogP contribution in [0.15, 0.2) is 55.4 Å². The molecule has 222 valence electrons. The number of aromatic nitrogens is 3. The van der Waals surface area contributed by atoms with Gasteiger partial charge in [-0.1, -0.05) is 12.6 Å². The SMILES string of the molecule is C=CC(=O)N1CCN(C[C@@H](Oc2cc(C)c(C(=O)Nc3ccn(C)n3)cc2C(=O)NCC)c2ccc(C)cn2)C[C@H]1C. The summed E-state index contributed by atoms with van der Waals surface area (Å²) in [5.74, 6) is -0.0318. The second kappa shape index (κ2) is 13.4. The zero-order valence-electron chi connectivity index (χ0n) is 24.9. The van der Waals surface area contributed by atoms with Gasteiger partial charge in [0, 0.05) is 69.8 Å². The zero-order valence-corrected chi connectivity index (χ0v) is 24.9. The average molecular weight is 574 g/mol. The molecule has 0 saturated carbocycles. The molecule has 11 heteroatoms. The molecular formula is C31H39N7O4. The van der Waals surface area contributed by atoms with Crippen LogP contribution in [0.1, 0.15) is 57.5 Å². The van der Waals surface area contributed by atoms with E-state index in [1.807, 2.05) is 37.8 Å². The van der Waals surface area contributed by atoms with E-state index in [2.05, 4.69) is 32.2 Å². The Hall–Kier alpha value is -4.51. The van der Waals surface area contributed by atoms with Gasteiger partial charge in [0.05, 0.1) is 11.3 Å². The molecule has 2 N–H and O–H groups in total. The Labute approximate surface area is 246 Å². The topological polar surface area (TPSA) is 122 Å². The molecule has 4 rings (SSSR count). The van der Waals surface area contributed by atoms with Gasteiger partial charge in [0.15, 0.2) is 11.9 Å².